The second-order valence-electron chi connectivity index (χ2n) is 4.17. The molecular weight excluding hydrogens is 232 g/mol. The highest BCUT2D eigenvalue weighted by Gasteiger charge is 2.17. The Kier molecular flexibility index (Phi) is 3.45. The molecule has 0 spiro atoms. The summed E-state index contributed by atoms with van der Waals surface area (Å²) in [6, 6.07) is 3.71. The Morgan fingerprint density at radius 1 is 1.28 bits per heavy atom. The van der Waals surface area contributed by atoms with Gasteiger partial charge in [-0.2, -0.15) is 0 Å². The van der Waals surface area contributed by atoms with E-state index in [0.29, 0.717) is 11.5 Å². The summed E-state index contributed by atoms with van der Waals surface area (Å²) in [5.74, 6) is 1.29. The first kappa shape index (κ1) is 12.7. The summed E-state index contributed by atoms with van der Waals surface area (Å²) in [5, 5.41) is 10.9. The van der Waals surface area contributed by atoms with Crippen molar-refractivity contribution in [1.29, 1.82) is 0 Å². The van der Waals surface area contributed by atoms with Crippen LogP contribution in [-0.2, 0) is 0 Å². The van der Waals surface area contributed by atoms with Crippen molar-refractivity contribution in [2.75, 3.05) is 20.8 Å². The topological polar surface area (TPSA) is 80.5 Å². The number of aliphatic hydroxyl groups excluding tert-OH is 1. The maximum atomic E-state index is 9.97. The van der Waals surface area contributed by atoms with Gasteiger partial charge in [-0.15, -0.1) is 0 Å². The van der Waals surface area contributed by atoms with Crippen molar-refractivity contribution in [3.63, 3.8) is 0 Å². The summed E-state index contributed by atoms with van der Waals surface area (Å²) in [5.41, 5.74) is 8.14. The molecular formula is C13H18N2O3. The van der Waals surface area contributed by atoms with Crippen LogP contribution in [0.3, 0.4) is 0 Å². The van der Waals surface area contributed by atoms with Crippen LogP contribution in [0.2, 0.25) is 0 Å². The number of benzene rings is 1. The van der Waals surface area contributed by atoms with Crippen molar-refractivity contribution in [3.8, 4) is 11.5 Å². The molecule has 1 aromatic carbocycles. The molecule has 0 aliphatic carbocycles. The third-order valence-electron chi connectivity index (χ3n) is 3.10. The van der Waals surface area contributed by atoms with E-state index in [-0.39, 0.29) is 6.54 Å². The lowest BCUT2D eigenvalue weighted by atomic mass is 10.0. The van der Waals surface area contributed by atoms with Gasteiger partial charge in [0.1, 0.15) is 0 Å². The summed E-state index contributed by atoms with van der Waals surface area (Å²) >= 11 is 0. The number of nitrogens with one attached hydrogen (secondary N) is 1. The van der Waals surface area contributed by atoms with E-state index in [9.17, 15) is 5.11 Å². The van der Waals surface area contributed by atoms with Crippen LogP contribution >= 0.6 is 0 Å². The number of fused-ring (bicyclic) bond motifs is 1. The predicted molar refractivity (Wildman–Crippen MR) is 70.2 cm³/mol. The van der Waals surface area contributed by atoms with E-state index in [2.05, 4.69) is 4.98 Å². The minimum atomic E-state index is -0.683. The minimum absolute atomic E-state index is 0.183. The zero-order chi connectivity index (χ0) is 13.3. The Balaban J connectivity index is 2.70. The van der Waals surface area contributed by atoms with Crippen LogP contribution in [0.5, 0.6) is 11.5 Å². The smallest absolute Gasteiger partial charge is 0.162 e. The number of ether oxygens (including phenoxy) is 2. The fourth-order valence-corrected chi connectivity index (χ4v) is 2.22. The van der Waals surface area contributed by atoms with E-state index in [0.717, 1.165) is 22.2 Å². The molecule has 0 saturated heterocycles. The number of nitrogens with two attached hydrogens (primary N) is 1. The predicted octanol–water partition coefficient (Wildman–Crippen LogP) is 1.49. The molecule has 1 atom stereocenters. The minimum Gasteiger partial charge on any atom is -0.493 e. The number of methoxy groups -OCH3 is 2. The molecule has 0 amide bonds. The monoisotopic (exact) mass is 250 g/mol. The molecule has 0 saturated carbocycles. The number of hydrogen-bond acceptors (Lipinski definition) is 4. The van der Waals surface area contributed by atoms with Crippen LogP contribution in [0.1, 0.15) is 17.4 Å². The van der Waals surface area contributed by atoms with E-state index >= 15 is 0 Å². The van der Waals surface area contributed by atoms with Gasteiger partial charge in [-0.05, 0) is 13.0 Å². The van der Waals surface area contributed by atoms with Gasteiger partial charge in [0.05, 0.1) is 20.3 Å². The summed E-state index contributed by atoms with van der Waals surface area (Å²) in [6.45, 7) is 2.09. The Morgan fingerprint density at radius 3 is 2.44 bits per heavy atom. The van der Waals surface area contributed by atoms with Crippen molar-refractivity contribution >= 4 is 10.9 Å². The van der Waals surface area contributed by atoms with Crippen LogP contribution in [0, 0.1) is 6.92 Å². The van der Waals surface area contributed by atoms with Gasteiger partial charge in [0.15, 0.2) is 11.5 Å². The molecule has 0 radical (unpaired) electrons. The van der Waals surface area contributed by atoms with E-state index < -0.39 is 6.10 Å². The molecule has 4 N–H and O–H groups in total. The van der Waals surface area contributed by atoms with Crippen LogP contribution in [0.15, 0.2) is 12.1 Å². The SMILES string of the molecule is COc1cc2[nH]c(C)c(C(O)CN)c2cc1OC. The van der Waals surface area contributed by atoms with Gasteiger partial charge in [-0.25, -0.2) is 0 Å². The Labute approximate surface area is 106 Å². The van der Waals surface area contributed by atoms with Crippen molar-refractivity contribution < 1.29 is 14.6 Å². The molecule has 5 nitrogen and oxygen atoms in total. The van der Waals surface area contributed by atoms with Crippen molar-refractivity contribution in [1.82, 2.24) is 4.98 Å². The molecule has 1 aromatic heterocycles. The molecule has 18 heavy (non-hydrogen) atoms. The second-order valence-corrected chi connectivity index (χ2v) is 4.17. The number of hydrogen-bond donors (Lipinski definition) is 3. The highest BCUT2D eigenvalue weighted by atomic mass is 16.5. The van der Waals surface area contributed by atoms with Gasteiger partial charge in [-0.3, -0.25) is 0 Å². The maximum Gasteiger partial charge on any atom is 0.162 e. The van der Waals surface area contributed by atoms with Gasteiger partial charge in [0.2, 0.25) is 0 Å². The Morgan fingerprint density at radius 2 is 1.89 bits per heavy atom. The number of rotatable bonds is 4. The lowest BCUT2D eigenvalue weighted by Gasteiger charge is -2.10. The third kappa shape index (κ3) is 1.91. The highest BCUT2D eigenvalue weighted by Crippen LogP contribution is 2.36. The molecule has 0 bridgehead atoms. The molecule has 5 heteroatoms. The molecule has 1 unspecified atom stereocenters. The Hall–Kier alpha value is -1.72. The lowest BCUT2D eigenvalue weighted by Crippen LogP contribution is -2.12. The van der Waals surface area contributed by atoms with E-state index in [1.807, 2.05) is 19.1 Å². The summed E-state index contributed by atoms with van der Waals surface area (Å²) in [6.07, 6.45) is -0.683. The van der Waals surface area contributed by atoms with Crippen molar-refractivity contribution in [3.05, 3.63) is 23.4 Å². The number of aryl methyl sites for hydroxylation is 1. The maximum absolute atomic E-state index is 9.97. The summed E-state index contributed by atoms with van der Waals surface area (Å²) in [7, 11) is 3.18. The van der Waals surface area contributed by atoms with Gasteiger partial charge in [0.25, 0.3) is 0 Å². The lowest BCUT2D eigenvalue weighted by molar-refractivity contribution is 0.187. The van der Waals surface area contributed by atoms with E-state index in [1.165, 1.54) is 0 Å². The molecule has 2 aromatic rings. The number of H-pyrrole nitrogens is 1. The Bertz CT molecular complexity index is 563. The largest absolute Gasteiger partial charge is 0.493 e. The zero-order valence-corrected chi connectivity index (χ0v) is 10.8. The van der Waals surface area contributed by atoms with Gasteiger partial charge in [-0.1, -0.05) is 0 Å². The average Bonchev–Trinajstić information content (AvgIpc) is 2.71. The quantitative estimate of drug-likeness (QED) is 0.768. The number of aromatic nitrogens is 1. The van der Waals surface area contributed by atoms with E-state index in [4.69, 9.17) is 15.2 Å². The third-order valence-corrected chi connectivity index (χ3v) is 3.10. The highest BCUT2D eigenvalue weighted by molar-refractivity contribution is 5.88. The van der Waals surface area contributed by atoms with Crippen LogP contribution in [0.4, 0.5) is 0 Å². The first-order valence-electron chi connectivity index (χ1n) is 5.74. The van der Waals surface area contributed by atoms with Gasteiger partial charge >= 0.3 is 0 Å². The number of aromatic amines is 1. The molecule has 2 rings (SSSR count). The fraction of sp³-hybridized carbons (Fsp3) is 0.385. The van der Waals surface area contributed by atoms with Crippen molar-refractivity contribution in [2.24, 2.45) is 5.73 Å². The molecule has 98 valence electrons. The zero-order valence-electron chi connectivity index (χ0n) is 10.8. The van der Waals surface area contributed by atoms with Crippen LogP contribution in [-0.4, -0.2) is 30.9 Å². The van der Waals surface area contributed by atoms with E-state index in [1.54, 1.807) is 14.2 Å². The van der Waals surface area contributed by atoms with Crippen LogP contribution in [0.25, 0.3) is 10.9 Å². The van der Waals surface area contributed by atoms with Gasteiger partial charge in [0, 0.05) is 34.8 Å². The van der Waals surface area contributed by atoms with Crippen LogP contribution < -0.4 is 15.2 Å². The van der Waals surface area contributed by atoms with Gasteiger partial charge < -0.3 is 25.3 Å². The first-order valence-corrected chi connectivity index (χ1v) is 5.74. The molecule has 0 fully saturated rings. The fourth-order valence-electron chi connectivity index (χ4n) is 2.22. The number of aliphatic hydroxyl groups is 1. The molecule has 1 heterocycles. The standard InChI is InChI=1S/C13H18N2O3/c1-7-13(10(16)6-14)8-4-11(17-2)12(18-3)5-9(8)15-7/h4-5,10,15-16H,6,14H2,1-3H3. The average molecular weight is 250 g/mol. The second kappa shape index (κ2) is 4.88. The van der Waals surface area contributed by atoms with Crippen molar-refractivity contribution in [2.45, 2.75) is 13.0 Å². The summed E-state index contributed by atoms with van der Waals surface area (Å²) in [4.78, 5) is 3.22. The molecule has 0 aliphatic rings. The summed E-state index contributed by atoms with van der Waals surface area (Å²) < 4.78 is 10.5. The first-order chi connectivity index (χ1) is 8.62. The molecule has 0 aliphatic heterocycles. The normalized spacial score (nSPS) is 12.7.